The third-order valence-corrected chi connectivity index (χ3v) is 4.27. The quantitative estimate of drug-likeness (QED) is 0.781. The van der Waals surface area contributed by atoms with E-state index in [4.69, 9.17) is 4.74 Å². The molecule has 2 nitrogen and oxygen atoms in total. The van der Waals surface area contributed by atoms with Gasteiger partial charge in [0.25, 0.3) is 0 Å². The molecule has 1 aliphatic heterocycles. The van der Waals surface area contributed by atoms with Gasteiger partial charge in [-0.05, 0) is 50.8 Å². The molecule has 0 amide bonds. The van der Waals surface area contributed by atoms with Crippen molar-refractivity contribution in [3.05, 3.63) is 34.1 Å². The Balaban J connectivity index is 2.01. The maximum atomic E-state index is 14.1. The van der Waals surface area contributed by atoms with Gasteiger partial charge in [0.1, 0.15) is 5.82 Å². The van der Waals surface area contributed by atoms with Crippen LogP contribution in [0.5, 0.6) is 0 Å². The number of hydrogen-bond acceptors (Lipinski definition) is 2. The minimum atomic E-state index is -0.139. The van der Waals surface area contributed by atoms with Gasteiger partial charge in [-0.1, -0.05) is 28.9 Å². The smallest absolute Gasteiger partial charge is 0.129 e. The van der Waals surface area contributed by atoms with E-state index in [0.717, 1.165) is 55.3 Å². The summed E-state index contributed by atoms with van der Waals surface area (Å²) in [5, 5.41) is 3.46. The second kappa shape index (κ2) is 8.11. The van der Waals surface area contributed by atoms with E-state index in [1.807, 2.05) is 12.1 Å². The molecule has 1 N–H and O–H groups in total. The number of ether oxygens (including phenoxy) is 1. The van der Waals surface area contributed by atoms with E-state index >= 15 is 0 Å². The Bertz CT molecular complexity index is 421. The first-order valence-corrected chi connectivity index (χ1v) is 8.30. The number of hydrogen-bond donors (Lipinski definition) is 1. The van der Waals surface area contributed by atoms with Gasteiger partial charge in [-0.3, -0.25) is 0 Å². The SMILES string of the molecule is CCCNC(CCC1CCCO1)c1ccc(Br)cc1F. The molecule has 1 heterocycles. The van der Waals surface area contributed by atoms with Crippen molar-refractivity contribution >= 4 is 15.9 Å². The highest BCUT2D eigenvalue weighted by atomic mass is 79.9. The Hall–Kier alpha value is -0.450. The molecular weight excluding hydrogens is 321 g/mol. The van der Waals surface area contributed by atoms with E-state index in [9.17, 15) is 4.39 Å². The van der Waals surface area contributed by atoms with Gasteiger partial charge in [-0.25, -0.2) is 4.39 Å². The van der Waals surface area contributed by atoms with Gasteiger partial charge in [0.2, 0.25) is 0 Å². The minimum Gasteiger partial charge on any atom is -0.378 e. The highest BCUT2D eigenvalue weighted by Crippen LogP contribution is 2.27. The molecule has 0 aliphatic carbocycles. The first-order chi connectivity index (χ1) is 9.70. The van der Waals surface area contributed by atoms with E-state index in [2.05, 4.69) is 28.2 Å². The van der Waals surface area contributed by atoms with Crippen molar-refractivity contribution in [2.45, 2.75) is 51.2 Å². The van der Waals surface area contributed by atoms with E-state index in [0.29, 0.717) is 6.10 Å². The standard InChI is InChI=1S/C16H23BrFNO/c1-2-9-19-16(8-6-13-4-3-10-20-13)14-7-5-12(17)11-15(14)18/h5,7,11,13,16,19H,2-4,6,8-10H2,1H3. The predicted molar refractivity (Wildman–Crippen MR) is 83.3 cm³/mol. The van der Waals surface area contributed by atoms with Crippen LogP contribution in [0.3, 0.4) is 0 Å². The third-order valence-electron chi connectivity index (χ3n) is 3.78. The van der Waals surface area contributed by atoms with E-state index in [1.165, 1.54) is 0 Å². The minimum absolute atomic E-state index is 0.0762. The number of nitrogens with one attached hydrogen (secondary N) is 1. The summed E-state index contributed by atoms with van der Waals surface area (Å²) >= 11 is 3.31. The molecule has 2 atom stereocenters. The zero-order chi connectivity index (χ0) is 14.4. The molecule has 1 fully saturated rings. The lowest BCUT2D eigenvalue weighted by atomic mass is 9.98. The van der Waals surface area contributed by atoms with Gasteiger partial charge in [0.15, 0.2) is 0 Å². The molecule has 1 aliphatic rings. The highest BCUT2D eigenvalue weighted by Gasteiger charge is 2.20. The Morgan fingerprint density at radius 1 is 1.50 bits per heavy atom. The van der Waals surface area contributed by atoms with Gasteiger partial charge < -0.3 is 10.1 Å². The molecule has 4 heteroatoms. The summed E-state index contributed by atoms with van der Waals surface area (Å²) in [6.07, 6.45) is 5.63. The Morgan fingerprint density at radius 2 is 2.35 bits per heavy atom. The molecule has 1 saturated heterocycles. The van der Waals surface area contributed by atoms with Crippen LogP contribution in [-0.4, -0.2) is 19.3 Å². The van der Waals surface area contributed by atoms with Gasteiger partial charge in [0, 0.05) is 22.7 Å². The highest BCUT2D eigenvalue weighted by molar-refractivity contribution is 9.10. The van der Waals surface area contributed by atoms with Crippen molar-refractivity contribution in [2.75, 3.05) is 13.2 Å². The van der Waals surface area contributed by atoms with Crippen molar-refractivity contribution in [1.82, 2.24) is 5.32 Å². The summed E-state index contributed by atoms with van der Waals surface area (Å²) in [6, 6.07) is 5.40. The van der Waals surface area contributed by atoms with Crippen molar-refractivity contribution in [2.24, 2.45) is 0 Å². The van der Waals surface area contributed by atoms with Gasteiger partial charge in [-0.15, -0.1) is 0 Å². The largest absolute Gasteiger partial charge is 0.378 e. The van der Waals surface area contributed by atoms with Crippen molar-refractivity contribution in [3.63, 3.8) is 0 Å². The summed E-state index contributed by atoms with van der Waals surface area (Å²) in [4.78, 5) is 0. The topological polar surface area (TPSA) is 21.3 Å². The maximum Gasteiger partial charge on any atom is 0.129 e. The first-order valence-electron chi connectivity index (χ1n) is 7.50. The van der Waals surface area contributed by atoms with Crippen molar-refractivity contribution < 1.29 is 9.13 Å². The van der Waals surface area contributed by atoms with Crippen molar-refractivity contribution in [3.8, 4) is 0 Å². The van der Waals surface area contributed by atoms with Crippen LogP contribution < -0.4 is 5.32 Å². The van der Waals surface area contributed by atoms with Crippen LogP contribution in [0.15, 0.2) is 22.7 Å². The van der Waals surface area contributed by atoms with Gasteiger partial charge in [0.05, 0.1) is 6.10 Å². The van der Waals surface area contributed by atoms with Crippen LogP contribution in [0.25, 0.3) is 0 Å². The van der Waals surface area contributed by atoms with E-state index in [-0.39, 0.29) is 11.9 Å². The molecule has 1 aromatic carbocycles. The van der Waals surface area contributed by atoms with Crippen LogP contribution in [0.2, 0.25) is 0 Å². The summed E-state index contributed by atoms with van der Waals surface area (Å²) < 4.78 is 20.6. The summed E-state index contributed by atoms with van der Waals surface area (Å²) in [5.41, 5.74) is 0.764. The van der Waals surface area contributed by atoms with E-state index < -0.39 is 0 Å². The second-order valence-electron chi connectivity index (χ2n) is 5.38. The average Bonchev–Trinajstić information content (AvgIpc) is 2.93. The average molecular weight is 344 g/mol. The van der Waals surface area contributed by atoms with Crippen LogP contribution in [0.1, 0.15) is 50.6 Å². The fraction of sp³-hybridized carbons (Fsp3) is 0.625. The molecular formula is C16H23BrFNO. The van der Waals surface area contributed by atoms with Crippen LogP contribution in [-0.2, 0) is 4.74 Å². The van der Waals surface area contributed by atoms with Gasteiger partial charge in [-0.2, -0.15) is 0 Å². The van der Waals surface area contributed by atoms with Gasteiger partial charge >= 0.3 is 0 Å². The number of halogens is 2. The molecule has 20 heavy (non-hydrogen) atoms. The van der Waals surface area contributed by atoms with Crippen LogP contribution in [0, 0.1) is 5.82 Å². The molecule has 0 saturated carbocycles. The number of rotatable bonds is 7. The second-order valence-corrected chi connectivity index (χ2v) is 6.30. The Kier molecular flexibility index (Phi) is 6.46. The van der Waals surface area contributed by atoms with Crippen molar-refractivity contribution in [1.29, 1.82) is 0 Å². The summed E-state index contributed by atoms with van der Waals surface area (Å²) in [7, 11) is 0. The molecule has 0 bridgehead atoms. The normalized spacial score (nSPS) is 20.2. The first kappa shape index (κ1) is 15.9. The van der Waals surface area contributed by atoms with Crippen LogP contribution in [0.4, 0.5) is 4.39 Å². The lowest BCUT2D eigenvalue weighted by Gasteiger charge is -2.21. The lowest BCUT2D eigenvalue weighted by Crippen LogP contribution is -2.24. The zero-order valence-electron chi connectivity index (χ0n) is 12.0. The summed E-state index contributed by atoms with van der Waals surface area (Å²) in [5.74, 6) is -0.139. The molecule has 0 aromatic heterocycles. The molecule has 2 rings (SSSR count). The fourth-order valence-electron chi connectivity index (χ4n) is 2.69. The summed E-state index contributed by atoms with van der Waals surface area (Å²) in [6.45, 7) is 3.91. The number of benzene rings is 1. The lowest BCUT2D eigenvalue weighted by molar-refractivity contribution is 0.0994. The molecule has 0 radical (unpaired) electrons. The molecule has 112 valence electrons. The van der Waals surface area contributed by atoms with E-state index in [1.54, 1.807) is 6.07 Å². The zero-order valence-corrected chi connectivity index (χ0v) is 13.6. The fourth-order valence-corrected chi connectivity index (χ4v) is 3.03. The third kappa shape index (κ3) is 4.54. The molecule has 0 spiro atoms. The molecule has 1 aromatic rings. The Morgan fingerprint density at radius 3 is 3.00 bits per heavy atom. The predicted octanol–water partition coefficient (Wildman–Crippen LogP) is 4.59. The Labute approximate surface area is 129 Å². The maximum absolute atomic E-state index is 14.1. The van der Waals surface area contributed by atoms with Crippen LogP contribution >= 0.6 is 15.9 Å². The monoisotopic (exact) mass is 343 g/mol. The molecule has 2 unspecified atom stereocenters.